The van der Waals surface area contributed by atoms with E-state index in [0.29, 0.717) is 32.3 Å². The standard InChI is InChI=1S/C34H20Br2N4O5/c35-24-12-13-30-23(16-24)17-31(45-30)33-38-28-11-4-3-10-26(28)34(41)39(33)37-18-20-14-27(36)32(29(15-20)40(42)43)44-19-22-8-5-7-21-6-1-2-9-25(21)22/h1-18H,19H2. The summed E-state index contributed by atoms with van der Waals surface area (Å²) in [6, 6.07) is 31.0. The van der Waals surface area contributed by atoms with Crippen molar-refractivity contribution in [1.82, 2.24) is 9.66 Å². The fraction of sp³-hybridized carbons (Fsp3) is 0.0294. The predicted octanol–water partition coefficient (Wildman–Crippen LogP) is 8.86. The van der Waals surface area contributed by atoms with E-state index in [0.717, 1.165) is 30.9 Å². The number of hydrogen-bond acceptors (Lipinski definition) is 7. The van der Waals surface area contributed by atoms with Gasteiger partial charge in [0, 0.05) is 21.5 Å². The maximum Gasteiger partial charge on any atom is 0.312 e. The number of para-hydroxylation sites is 1. The number of fused-ring (bicyclic) bond motifs is 3. The molecule has 11 heteroatoms. The SMILES string of the molecule is O=c1c2ccccc2nc(-c2cc3cc(Br)ccc3o2)n1N=Cc1cc(Br)c(OCc2cccc3ccccc23)c([N+](=O)[O-])c1. The number of nitrogens with zero attached hydrogens (tertiary/aromatic N) is 4. The topological polar surface area (TPSA) is 113 Å². The number of ether oxygens (including phenoxy) is 1. The second kappa shape index (κ2) is 11.8. The molecule has 0 aliphatic heterocycles. The Morgan fingerprint density at radius 1 is 0.911 bits per heavy atom. The predicted molar refractivity (Wildman–Crippen MR) is 181 cm³/mol. The third-order valence-electron chi connectivity index (χ3n) is 7.27. The van der Waals surface area contributed by atoms with E-state index < -0.39 is 10.5 Å². The third kappa shape index (κ3) is 5.52. The van der Waals surface area contributed by atoms with E-state index in [1.54, 1.807) is 36.4 Å². The Labute approximate surface area is 271 Å². The van der Waals surface area contributed by atoms with Crippen LogP contribution in [0.2, 0.25) is 0 Å². The highest BCUT2D eigenvalue weighted by molar-refractivity contribution is 9.10. The van der Waals surface area contributed by atoms with Crippen LogP contribution in [0.15, 0.2) is 126 Å². The number of halogens is 2. The summed E-state index contributed by atoms with van der Waals surface area (Å²) in [6.07, 6.45) is 1.37. The molecule has 7 aromatic rings. The van der Waals surface area contributed by atoms with E-state index in [1.807, 2.05) is 60.7 Å². The van der Waals surface area contributed by atoms with Crippen LogP contribution in [0.3, 0.4) is 0 Å². The van der Waals surface area contributed by atoms with Crippen molar-refractivity contribution < 1.29 is 14.1 Å². The van der Waals surface area contributed by atoms with E-state index in [9.17, 15) is 14.9 Å². The van der Waals surface area contributed by atoms with Crippen molar-refractivity contribution in [3.05, 3.63) is 144 Å². The molecule has 0 radical (unpaired) electrons. The summed E-state index contributed by atoms with van der Waals surface area (Å²) in [4.78, 5) is 30.0. The molecule has 2 heterocycles. The minimum Gasteiger partial charge on any atom is -0.481 e. The third-order valence-corrected chi connectivity index (χ3v) is 8.35. The van der Waals surface area contributed by atoms with Crippen molar-refractivity contribution in [2.24, 2.45) is 5.10 Å². The second-order valence-corrected chi connectivity index (χ2v) is 11.9. The summed E-state index contributed by atoms with van der Waals surface area (Å²) in [7, 11) is 0. The smallest absolute Gasteiger partial charge is 0.312 e. The first-order valence-electron chi connectivity index (χ1n) is 13.7. The molecule has 9 nitrogen and oxygen atoms in total. The first-order chi connectivity index (χ1) is 21.9. The van der Waals surface area contributed by atoms with Crippen LogP contribution < -0.4 is 10.3 Å². The van der Waals surface area contributed by atoms with Gasteiger partial charge >= 0.3 is 5.69 Å². The second-order valence-electron chi connectivity index (χ2n) is 10.1. The summed E-state index contributed by atoms with van der Waals surface area (Å²) >= 11 is 6.92. The van der Waals surface area contributed by atoms with Crippen molar-refractivity contribution in [2.75, 3.05) is 0 Å². The van der Waals surface area contributed by atoms with Gasteiger partial charge in [0.25, 0.3) is 5.56 Å². The maximum absolute atomic E-state index is 13.6. The quantitative estimate of drug-likeness (QED) is 0.0923. The number of furan rings is 1. The van der Waals surface area contributed by atoms with Gasteiger partial charge in [0.15, 0.2) is 5.76 Å². The lowest BCUT2D eigenvalue weighted by atomic mass is 10.1. The summed E-state index contributed by atoms with van der Waals surface area (Å²) in [5.41, 5.74) is 1.69. The molecule has 7 rings (SSSR count). The van der Waals surface area contributed by atoms with E-state index in [2.05, 4.69) is 37.0 Å². The van der Waals surface area contributed by atoms with Crippen LogP contribution in [0.1, 0.15) is 11.1 Å². The molecule has 2 aromatic heterocycles. The first kappa shape index (κ1) is 28.6. The average Bonchev–Trinajstić information content (AvgIpc) is 3.46. The zero-order valence-corrected chi connectivity index (χ0v) is 26.4. The molecule has 0 amide bonds. The number of nitro benzene ring substituents is 1. The highest BCUT2D eigenvalue weighted by atomic mass is 79.9. The van der Waals surface area contributed by atoms with Crippen LogP contribution in [0, 0.1) is 10.1 Å². The lowest BCUT2D eigenvalue weighted by Gasteiger charge is -2.12. The molecule has 45 heavy (non-hydrogen) atoms. The molecule has 0 saturated heterocycles. The molecule has 0 spiro atoms. The fourth-order valence-corrected chi connectivity index (χ4v) is 6.12. The molecule has 5 aromatic carbocycles. The van der Waals surface area contributed by atoms with Crippen LogP contribution in [-0.2, 0) is 6.61 Å². The van der Waals surface area contributed by atoms with Crippen LogP contribution >= 0.6 is 31.9 Å². The Balaban J connectivity index is 1.28. The number of hydrogen-bond donors (Lipinski definition) is 0. The normalized spacial score (nSPS) is 11.6. The summed E-state index contributed by atoms with van der Waals surface area (Å²) < 4.78 is 14.4. The lowest BCUT2D eigenvalue weighted by Crippen LogP contribution is -2.20. The fourth-order valence-electron chi connectivity index (χ4n) is 5.16. The first-order valence-corrected chi connectivity index (χ1v) is 15.3. The average molecular weight is 724 g/mol. The van der Waals surface area contributed by atoms with Gasteiger partial charge in [-0.05, 0) is 74.7 Å². The van der Waals surface area contributed by atoms with Crippen molar-refractivity contribution in [1.29, 1.82) is 0 Å². The van der Waals surface area contributed by atoms with Gasteiger partial charge in [0.1, 0.15) is 12.2 Å². The van der Waals surface area contributed by atoms with Crippen molar-refractivity contribution >= 4 is 76.4 Å². The van der Waals surface area contributed by atoms with Crippen LogP contribution in [0.5, 0.6) is 5.75 Å². The summed E-state index contributed by atoms with van der Waals surface area (Å²) in [5.74, 6) is 0.613. The molecule has 0 N–H and O–H groups in total. The summed E-state index contributed by atoms with van der Waals surface area (Å²) in [5, 5.41) is 19.8. The number of nitro groups is 1. The largest absolute Gasteiger partial charge is 0.481 e. The van der Waals surface area contributed by atoms with E-state index >= 15 is 0 Å². The minimum absolute atomic E-state index is 0.0868. The molecule has 220 valence electrons. The van der Waals surface area contributed by atoms with Crippen molar-refractivity contribution in [3.63, 3.8) is 0 Å². The van der Waals surface area contributed by atoms with Gasteiger partial charge in [-0.15, -0.1) is 0 Å². The van der Waals surface area contributed by atoms with E-state index in [4.69, 9.17) is 14.1 Å². The molecule has 0 fully saturated rings. The van der Waals surface area contributed by atoms with Crippen molar-refractivity contribution in [2.45, 2.75) is 6.61 Å². The molecule has 0 unspecified atom stereocenters. The minimum atomic E-state index is -0.512. The Morgan fingerprint density at radius 2 is 1.69 bits per heavy atom. The monoisotopic (exact) mass is 722 g/mol. The van der Waals surface area contributed by atoms with Gasteiger partial charge in [-0.1, -0.05) is 70.5 Å². The molecule has 0 aliphatic carbocycles. The molecule has 0 bridgehead atoms. The van der Waals surface area contributed by atoms with Crippen LogP contribution in [-0.4, -0.2) is 20.8 Å². The molecule has 0 saturated carbocycles. The maximum atomic E-state index is 13.6. The Morgan fingerprint density at radius 3 is 2.53 bits per heavy atom. The van der Waals surface area contributed by atoms with E-state index in [-0.39, 0.29) is 23.9 Å². The van der Waals surface area contributed by atoms with Gasteiger partial charge in [0.05, 0.1) is 26.5 Å². The molecule has 0 atom stereocenters. The van der Waals surface area contributed by atoms with Gasteiger partial charge in [-0.25, -0.2) is 4.98 Å². The highest BCUT2D eigenvalue weighted by Gasteiger charge is 2.21. The van der Waals surface area contributed by atoms with Crippen LogP contribution in [0.4, 0.5) is 5.69 Å². The van der Waals surface area contributed by atoms with E-state index in [1.165, 1.54) is 12.3 Å². The Hall–Kier alpha value is -5.13. The molecule has 0 aliphatic rings. The number of benzene rings is 5. The Bertz CT molecular complexity index is 2380. The van der Waals surface area contributed by atoms with Gasteiger partial charge in [-0.3, -0.25) is 14.9 Å². The van der Waals surface area contributed by atoms with Gasteiger partial charge < -0.3 is 9.15 Å². The highest BCUT2D eigenvalue weighted by Crippen LogP contribution is 2.37. The van der Waals surface area contributed by atoms with Crippen LogP contribution in [0.25, 0.3) is 44.2 Å². The number of aromatic nitrogens is 2. The van der Waals surface area contributed by atoms with Crippen molar-refractivity contribution in [3.8, 4) is 17.3 Å². The summed E-state index contributed by atoms with van der Waals surface area (Å²) in [6.45, 7) is 0.129. The Kier molecular flexibility index (Phi) is 7.48. The molecular weight excluding hydrogens is 704 g/mol. The number of rotatable bonds is 7. The lowest BCUT2D eigenvalue weighted by molar-refractivity contribution is -0.386. The van der Waals surface area contributed by atoms with Gasteiger partial charge in [-0.2, -0.15) is 9.78 Å². The van der Waals surface area contributed by atoms with Gasteiger partial charge in [0.2, 0.25) is 11.6 Å². The zero-order valence-electron chi connectivity index (χ0n) is 23.2. The molecular formula is C34H20Br2N4O5. The zero-order chi connectivity index (χ0) is 31.1.